The van der Waals surface area contributed by atoms with Crippen LogP contribution in [0.1, 0.15) is 68.1 Å². The van der Waals surface area contributed by atoms with Gasteiger partial charge >= 0.3 is 5.97 Å². The Morgan fingerprint density at radius 2 is 1.47 bits per heavy atom. The monoisotopic (exact) mass is 459 g/mol. The van der Waals surface area contributed by atoms with Gasteiger partial charge in [0.15, 0.2) is 0 Å². The molecule has 34 heavy (non-hydrogen) atoms. The van der Waals surface area contributed by atoms with Gasteiger partial charge in [-0.05, 0) is 79.0 Å². The summed E-state index contributed by atoms with van der Waals surface area (Å²) in [7, 11) is 0. The van der Waals surface area contributed by atoms with Crippen LogP contribution in [0.3, 0.4) is 0 Å². The molecule has 2 fully saturated rings. The van der Waals surface area contributed by atoms with Gasteiger partial charge in [-0.15, -0.1) is 0 Å². The zero-order valence-corrected chi connectivity index (χ0v) is 19.6. The molecule has 1 saturated heterocycles. The maximum atomic E-state index is 12.6. The van der Waals surface area contributed by atoms with Crippen LogP contribution in [-0.4, -0.2) is 40.1 Å². The van der Waals surface area contributed by atoms with E-state index < -0.39 is 11.9 Å². The van der Waals surface area contributed by atoms with Crippen LogP contribution >= 0.6 is 0 Å². The Kier molecular flexibility index (Phi) is 7.84. The molecule has 0 radical (unpaired) electrons. The highest BCUT2D eigenvalue weighted by Crippen LogP contribution is 2.35. The highest BCUT2D eigenvalue weighted by atomic mass is 16.4. The summed E-state index contributed by atoms with van der Waals surface area (Å²) in [6.45, 7) is 0.885. The molecule has 4 rings (SSSR count). The van der Waals surface area contributed by atoms with Gasteiger partial charge in [-0.25, -0.2) is 0 Å². The second-order valence-electron chi connectivity index (χ2n) is 9.36. The van der Waals surface area contributed by atoms with Crippen LogP contribution in [0.2, 0.25) is 0 Å². The fourth-order valence-electron chi connectivity index (χ4n) is 5.02. The number of phenolic OH excluding ortho intramolecular Hbond substituents is 1. The minimum absolute atomic E-state index is 0.139. The molecule has 1 aliphatic carbocycles. The summed E-state index contributed by atoms with van der Waals surface area (Å²) in [6, 6.07) is 15.7. The van der Waals surface area contributed by atoms with Crippen molar-refractivity contribution in [2.45, 2.75) is 51.4 Å². The third-order valence-corrected chi connectivity index (χ3v) is 6.92. The Bertz CT molecular complexity index is 1060. The zero-order valence-electron chi connectivity index (χ0n) is 19.6. The predicted molar refractivity (Wildman–Crippen MR) is 134 cm³/mol. The van der Waals surface area contributed by atoms with Crippen molar-refractivity contribution in [2.75, 3.05) is 13.1 Å². The molecule has 1 unspecified atom stereocenters. The number of carboxylic acid groups (broad SMARTS) is 1. The number of likely N-dealkylation sites (tertiary alicyclic amines) is 1. The summed E-state index contributed by atoms with van der Waals surface area (Å²) >= 11 is 0. The Balaban J connectivity index is 1.53. The molecule has 5 heteroatoms. The smallest absolute Gasteiger partial charge is 0.308 e. The molecule has 1 saturated carbocycles. The molecule has 2 aromatic rings. The lowest BCUT2D eigenvalue weighted by Gasteiger charge is -2.29. The molecule has 2 aliphatic rings. The van der Waals surface area contributed by atoms with Crippen LogP contribution < -0.4 is 0 Å². The summed E-state index contributed by atoms with van der Waals surface area (Å²) < 4.78 is 0. The van der Waals surface area contributed by atoms with Crippen LogP contribution in [0.4, 0.5) is 0 Å². The second-order valence-corrected chi connectivity index (χ2v) is 9.36. The molecule has 5 nitrogen and oxygen atoms in total. The van der Waals surface area contributed by atoms with Crippen molar-refractivity contribution in [3.8, 4) is 5.75 Å². The summed E-state index contributed by atoms with van der Waals surface area (Å²) in [4.78, 5) is 25.5. The van der Waals surface area contributed by atoms with E-state index in [0.717, 1.165) is 36.0 Å². The maximum Gasteiger partial charge on any atom is 0.308 e. The van der Waals surface area contributed by atoms with Crippen molar-refractivity contribution < 1.29 is 19.8 Å². The van der Waals surface area contributed by atoms with E-state index in [0.29, 0.717) is 13.0 Å². The lowest BCUT2D eigenvalue weighted by Crippen LogP contribution is -2.41. The van der Waals surface area contributed by atoms with Crippen LogP contribution in [0.15, 0.2) is 60.2 Å². The van der Waals surface area contributed by atoms with E-state index in [2.05, 4.69) is 12.1 Å². The molecule has 1 atom stereocenters. The SMILES string of the molecule is O=C(O)C1CCCN(C(=O)/C=C/c2ccc(C(=C3CCCCCC3)c3ccc(O)cc3)cc2)C1. The van der Waals surface area contributed by atoms with E-state index in [9.17, 15) is 19.8 Å². The number of carbonyl (C=O) groups excluding carboxylic acids is 1. The highest BCUT2D eigenvalue weighted by Gasteiger charge is 2.27. The molecule has 178 valence electrons. The third-order valence-electron chi connectivity index (χ3n) is 6.92. The van der Waals surface area contributed by atoms with Gasteiger partial charge in [0.2, 0.25) is 5.91 Å². The molecule has 0 bridgehead atoms. The fourth-order valence-corrected chi connectivity index (χ4v) is 5.02. The van der Waals surface area contributed by atoms with E-state index in [4.69, 9.17) is 0 Å². The number of carbonyl (C=O) groups is 2. The van der Waals surface area contributed by atoms with Gasteiger partial charge in [-0.3, -0.25) is 9.59 Å². The van der Waals surface area contributed by atoms with Gasteiger partial charge in [0.1, 0.15) is 5.75 Å². The van der Waals surface area contributed by atoms with Gasteiger partial charge in [0.25, 0.3) is 0 Å². The Hall–Kier alpha value is -3.34. The topological polar surface area (TPSA) is 77.8 Å². The van der Waals surface area contributed by atoms with E-state index >= 15 is 0 Å². The van der Waals surface area contributed by atoms with Crippen molar-refractivity contribution in [1.82, 2.24) is 4.90 Å². The zero-order chi connectivity index (χ0) is 23.9. The molecule has 2 N–H and O–H groups in total. The summed E-state index contributed by atoms with van der Waals surface area (Å²) in [5, 5.41) is 19.0. The lowest BCUT2D eigenvalue weighted by molar-refractivity contribution is -0.144. The Labute approximate surface area is 201 Å². The predicted octanol–water partition coefficient (Wildman–Crippen LogP) is 5.88. The quantitative estimate of drug-likeness (QED) is 0.432. The largest absolute Gasteiger partial charge is 0.508 e. The molecular weight excluding hydrogens is 426 g/mol. The maximum absolute atomic E-state index is 12.6. The second kappa shape index (κ2) is 11.2. The molecule has 0 aromatic heterocycles. The molecular formula is C29H33NO4. The van der Waals surface area contributed by atoms with Crippen molar-refractivity contribution in [3.63, 3.8) is 0 Å². The van der Waals surface area contributed by atoms with Crippen LogP contribution in [0, 0.1) is 5.92 Å². The van der Waals surface area contributed by atoms with E-state index in [-0.39, 0.29) is 18.2 Å². The van der Waals surface area contributed by atoms with Crippen molar-refractivity contribution in [3.05, 3.63) is 76.9 Å². The fraction of sp³-hybridized carbons (Fsp3) is 0.379. The number of carboxylic acids is 1. The first-order valence-electron chi connectivity index (χ1n) is 12.3. The molecule has 0 spiro atoms. The number of hydrogen-bond acceptors (Lipinski definition) is 3. The van der Waals surface area contributed by atoms with Gasteiger partial charge in [0.05, 0.1) is 5.92 Å². The number of aliphatic carboxylic acids is 1. The van der Waals surface area contributed by atoms with Gasteiger partial charge < -0.3 is 15.1 Å². The van der Waals surface area contributed by atoms with Crippen LogP contribution in [0.25, 0.3) is 11.6 Å². The van der Waals surface area contributed by atoms with Crippen molar-refractivity contribution in [2.24, 2.45) is 5.92 Å². The average molecular weight is 460 g/mol. The number of nitrogens with zero attached hydrogens (tertiary/aromatic N) is 1. The van der Waals surface area contributed by atoms with Gasteiger partial charge in [-0.2, -0.15) is 0 Å². The first-order valence-corrected chi connectivity index (χ1v) is 12.3. The number of hydrogen-bond donors (Lipinski definition) is 2. The number of aromatic hydroxyl groups is 1. The van der Waals surface area contributed by atoms with Crippen molar-refractivity contribution in [1.29, 1.82) is 0 Å². The summed E-state index contributed by atoms with van der Waals surface area (Å²) in [5.74, 6) is -1.17. The first kappa shape index (κ1) is 23.8. The normalized spacial score (nSPS) is 19.1. The third kappa shape index (κ3) is 5.96. The Morgan fingerprint density at radius 1 is 0.853 bits per heavy atom. The van der Waals surface area contributed by atoms with Gasteiger partial charge in [-0.1, -0.05) is 54.8 Å². The number of amides is 1. The van der Waals surface area contributed by atoms with Gasteiger partial charge in [0, 0.05) is 19.2 Å². The van der Waals surface area contributed by atoms with Crippen molar-refractivity contribution >= 4 is 23.5 Å². The van der Waals surface area contributed by atoms with E-state index in [1.165, 1.54) is 36.8 Å². The molecule has 1 heterocycles. The number of benzene rings is 2. The first-order chi connectivity index (χ1) is 16.5. The standard InChI is InChI=1S/C29H33NO4/c31-26-16-14-24(15-17-26)28(22-6-3-1-2-4-7-22)23-12-9-21(10-13-23)11-18-27(32)30-19-5-8-25(20-30)29(33)34/h9-18,25,31H,1-8,19-20H2,(H,33,34)/b18-11+. The molecule has 1 aliphatic heterocycles. The van der Waals surface area contributed by atoms with Crippen LogP contribution in [0.5, 0.6) is 5.75 Å². The minimum atomic E-state index is -0.829. The van der Waals surface area contributed by atoms with E-state index in [1.807, 2.05) is 24.3 Å². The summed E-state index contributed by atoms with van der Waals surface area (Å²) in [6.07, 6.45) is 11.8. The summed E-state index contributed by atoms with van der Waals surface area (Å²) in [5.41, 5.74) is 5.92. The Morgan fingerprint density at radius 3 is 2.09 bits per heavy atom. The average Bonchev–Trinajstić information content (AvgIpc) is 3.14. The van der Waals surface area contributed by atoms with E-state index in [1.54, 1.807) is 29.2 Å². The number of piperidine rings is 1. The minimum Gasteiger partial charge on any atom is -0.508 e. The molecule has 1 amide bonds. The highest BCUT2D eigenvalue weighted by molar-refractivity contribution is 5.92. The number of rotatable bonds is 5. The lowest BCUT2D eigenvalue weighted by atomic mass is 9.89. The number of phenols is 1. The van der Waals surface area contributed by atoms with Crippen LogP contribution in [-0.2, 0) is 9.59 Å². The molecule has 2 aromatic carbocycles. The number of allylic oxidation sites excluding steroid dienone is 1.